The fraction of sp³-hybridized carbons (Fsp3) is 0.625. The smallest absolute Gasteiger partial charge is 0.241 e. The molecule has 2 saturated carbocycles. The number of fused-ring (bicyclic) bond motifs is 2. The number of hydrogen-bond acceptors (Lipinski definition) is 3. The van der Waals surface area contributed by atoms with Crippen LogP contribution in [0.1, 0.15) is 36.8 Å². The van der Waals surface area contributed by atoms with Gasteiger partial charge in [0, 0.05) is 12.6 Å². The van der Waals surface area contributed by atoms with E-state index in [0.717, 1.165) is 23.5 Å². The summed E-state index contributed by atoms with van der Waals surface area (Å²) in [6.45, 7) is 2.57. The maximum absolute atomic E-state index is 12.7. The van der Waals surface area contributed by atoms with Crippen LogP contribution < -0.4 is 10.0 Å². The van der Waals surface area contributed by atoms with Crippen molar-refractivity contribution >= 4 is 10.0 Å². The van der Waals surface area contributed by atoms with E-state index >= 15 is 0 Å². The first-order valence-electron chi connectivity index (χ1n) is 7.76. The third-order valence-electron chi connectivity index (χ3n) is 5.10. The molecule has 2 aliphatic rings. The van der Waals surface area contributed by atoms with Gasteiger partial charge in [0.2, 0.25) is 10.0 Å². The van der Waals surface area contributed by atoms with E-state index < -0.39 is 10.0 Å². The average molecular weight is 308 g/mol. The van der Waals surface area contributed by atoms with Gasteiger partial charge < -0.3 is 5.32 Å². The van der Waals surface area contributed by atoms with Gasteiger partial charge in [0.05, 0.1) is 4.90 Å². The van der Waals surface area contributed by atoms with Crippen molar-refractivity contribution in [2.24, 2.45) is 11.8 Å². The van der Waals surface area contributed by atoms with Crippen LogP contribution in [0.3, 0.4) is 0 Å². The average Bonchev–Trinajstić information content (AvgIpc) is 3.03. The van der Waals surface area contributed by atoms with E-state index in [1.165, 1.54) is 19.3 Å². The minimum Gasteiger partial charge on any atom is -0.316 e. The highest BCUT2D eigenvalue weighted by Crippen LogP contribution is 2.44. The fourth-order valence-electron chi connectivity index (χ4n) is 3.98. The zero-order valence-electron chi connectivity index (χ0n) is 12.7. The second-order valence-corrected chi connectivity index (χ2v) is 8.16. The number of nitrogens with one attached hydrogen (secondary N) is 2. The Balaban J connectivity index is 1.83. The number of hydrogen-bond donors (Lipinski definition) is 2. The predicted molar refractivity (Wildman–Crippen MR) is 83.5 cm³/mol. The molecule has 3 unspecified atom stereocenters. The molecule has 2 bridgehead atoms. The first-order valence-corrected chi connectivity index (χ1v) is 9.25. The highest BCUT2D eigenvalue weighted by Gasteiger charge is 2.41. The summed E-state index contributed by atoms with van der Waals surface area (Å²) in [5.74, 6) is 1.28. The van der Waals surface area contributed by atoms with Gasteiger partial charge in [-0.2, -0.15) is 0 Å². The fourth-order valence-corrected chi connectivity index (χ4v) is 5.59. The van der Waals surface area contributed by atoms with E-state index in [2.05, 4.69) is 10.0 Å². The molecular weight excluding hydrogens is 284 g/mol. The summed E-state index contributed by atoms with van der Waals surface area (Å²) >= 11 is 0. The van der Waals surface area contributed by atoms with Crippen LogP contribution in [-0.2, 0) is 16.6 Å². The largest absolute Gasteiger partial charge is 0.316 e. The molecule has 0 amide bonds. The van der Waals surface area contributed by atoms with E-state index in [0.29, 0.717) is 17.4 Å². The van der Waals surface area contributed by atoms with E-state index in [1.807, 2.05) is 26.1 Å². The van der Waals surface area contributed by atoms with Gasteiger partial charge in [-0.05, 0) is 62.3 Å². The third-order valence-corrected chi connectivity index (χ3v) is 6.73. The Kier molecular flexibility index (Phi) is 4.08. The molecule has 0 radical (unpaired) electrons. The Morgan fingerprint density at radius 1 is 1.24 bits per heavy atom. The molecule has 2 aliphatic carbocycles. The van der Waals surface area contributed by atoms with Crippen LogP contribution in [0.15, 0.2) is 23.1 Å². The standard InChI is InChI=1S/C16H24N2O2S/c1-11-14(10-17-2)4-3-5-16(11)21(19,20)18-15-9-12-6-7-13(15)8-12/h3-5,12-13,15,17-18H,6-10H2,1-2H3. The van der Waals surface area contributed by atoms with E-state index in [4.69, 9.17) is 0 Å². The van der Waals surface area contributed by atoms with Crippen molar-refractivity contribution in [2.45, 2.75) is 50.1 Å². The van der Waals surface area contributed by atoms with Gasteiger partial charge in [-0.3, -0.25) is 0 Å². The van der Waals surface area contributed by atoms with Crippen LogP contribution in [0.4, 0.5) is 0 Å². The second kappa shape index (κ2) is 5.71. The Morgan fingerprint density at radius 2 is 2.05 bits per heavy atom. The summed E-state index contributed by atoms with van der Waals surface area (Å²) in [5.41, 5.74) is 1.89. The molecule has 2 fully saturated rings. The quantitative estimate of drug-likeness (QED) is 0.876. The first-order chi connectivity index (χ1) is 10.0. The van der Waals surface area contributed by atoms with Gasteiger partial charge >= 0.3 is 0 Å². The molecule has 1 aromatic rings. The molecule has 21 heavy (non-hydrogen) atoms. The molecule has 3 atom stereocenters. The summed E-state index contributed by atoms with van der Waals surface area (Å²) in [7, 11) is -1.55. The summed E-state index contributed by atoms with van der Waals surface area (Å²) in [6, 6.07) is 5.66. The van der Waals surface area contributed by atoms with E-state index in [9.17, 15) is 8.42 Å². The van der Waals surface area contributed by atoms with E-state index in [-0.39, 0.29) is 6.04 Å². The third kappa shape index (κ3) is 2.87. The lowest BCUT2D eigenvalue weighted by atomic mass is 9.96. The SMILES string of the molecule is CNCc1cccc(S(=O)(=O)NC2CC3CCC2C3)c1C. The Bertz CT molecular complexity index is 627. The summed E-state index contributed by atoms with van der Waals surface area (Å²) < 4.78 is 28.4. The maximum atomic E-state index is 12.7. The monoisotopic (exact) mass is 308 g/mol. The molecule has 116 valence electrons. The Morgan fingerprint density at radius 3 is 2.67 bits per heavy atom. The van der Waals surface area contributed by atoms with Crippen LogP contribution in [0.5, 0.6) is 0 Å². The van der Waals surface area contributed by atoms with Crippen LogP contribution >= 0.6 is 0 Å². The molecule has 0 aliphatic heterocycles. The molecule has 5 heteroatoms. The van der Waals surface area contributed by atoms with Crippen molar-refractivity contribution in [2.75, 3.05) is 7.05 Å². The maximum Gasteiger partial charge on any atom is 0.241 e. The number of sulfonamides is 1. The van der Waals surface area contributed by atoms with E-state index in [1.54, 1.807) is 6.07 Å². The predicted octanol–water partition coefficient (Wildman–Crippen LogP) is 2.18. The molecule has 0 spiro atoms. The van der Waals surface area contributed by atoms with Gasteiger partial charge in [0.25, 0.3) is 0 Å². The van der Waals surface area contributed by atoms with Gasteiger partial charge in [0.1, 0.15) is 0 Å². The number of rotatable bonds is 5. The van der Waals surface area contributed by atoms with Gasteiger partial charge in [-0.25, -0.2) is 13.1 Å². The molecule has 4 nitrogen and oxygen atoms in total. The Labute approximate surface area is 127 Å². The lowest BCUT2D eigenvalue weighted by molar-refractivity contribution is 0.390. The second-order valence-electron chi connectivity index (χ2n) is 6.47. The van der Waals surface area contributed by atoms with Crippen LogP contribution in [0, 0.1) is 18.8 Å². The van der Waals surface area contributed by atoms with Gasteiger partial charge in [-0.15, -0.1) is 0 Å². The highest BCUT2D eigenvalue weighted by molar-refractivity contribution is 7.89. The summed E-state index contributed by atoms with van der Waals surface area (Å²) in [5, 5.41) is 3.08. The summed E-state index contributed by atoms with van der Waals surface area (Å²) in [6.07, 6.45) is 4.67. The topological polar surface area (TPSA) is 58.2 Å². The zero-order chi connectivity index (χ0) is 15.0. The molecule has 1 aromatic carbocycles. The molecule has 0 saturated heterocycles. The minimum atomic E-state index is -3.42. The van der Waals surface area contributed by atoms with Crippen molar-refractivity contribution < 1.29 is 8.42 Å². The molecule has 0 heterocycles. The normalized spacial score (nSPS) is 28.2. The molecule has 2 N–H and O–H groups in total. The van der Waals surface area contributed by atoms with Gasteiger partial charge in [0.15, 0.2) is 0 Å². The molecule has 3 rings (SSSR count). The van der Waals surface area contributed by atoms with Crippen LogP contribution in [0.25, 0.3) is 0 Å². The van der Waals surface area contributed by atoms with Crippen molar-refractivity contribution in [3.8, 4) is 0 Å². The Hall–Kier alpha value is -0.910. The van der Waals surface area contributed by atoms with Crippen molar-refractivity contribution in [3.05, 3.63) is 29.3 Å². The zero-order valence-corrected chi connectivity index (χ0v) is 13.5. The van der Waals surface area contributed by atoms with Crippen molar-refractivity contribution in [1.82, 2.24) is 10.0 Å². The number of benzene rings is 1. The highest BCUT2D eigenvalue weighted by atomic mass is 32.2. The lowest BCUT2D eigenvalue weighted by Crippen LogP contribution is -2.38. The van der Waals surface area contributed by atoms with Crippen LogP contribution in [0.2, 0.25) is 0 Å². The lowest BCUT2D eigenvalue weighted by Gasteiger charge is -2.23. The van der Waals surface area contributed by atoms with Crippen molar-refractivity contribution in [1.29, 1.82) is 0 Å². The minimum absolute atomic E-state index is 0.140. The first kappa shape index (κ1) is 15.0. The summed E-state index contributed by atoms with van der Waals surface area (Å²) in [4.78, 5) is 0.429. The van der Waals surface area contributed by atoms with Crippen molar-refractivity contribution in [3.63, 3.8) is 0 Å². The molecule has 0 aromatic heterocycles. The van der Waals surface area contributed by atoms with Crippen LogP contribution in [-0.4, -0.2) is 21.5 Å². The van der Waals surface area contributed by atoms with Gasteiger partial charge in [-0.1, -0.05) is 18.6 Å². The molecular formula is C16H24N2O2S.